The van der Waals surface area contributed by atoms with E-state index in [9.17, 15) is 0 Å². The minimum absolute atomic E-state index is 0. The van der Waals surface area contributed by atoms with Gasteiger partial charge < -0.3 is 24.5 Å². The van der Waals surface area contributed by atoms with Gasteiger partial charge in [0.1, 0.15) is 11.5 Å². The van der Waals surface area contributed by atoms with Crippen LogP contribution in [0.3, 0.4) is 0 Å². The number of guanidine groups is 1. The first-order chi connectivity index (χ1) is 13.3. The third kappa shape index (κ3) is 9.98. The van der Waals surface area contributed by atoms with Crippen LogP contribution in [0.15, 0.2) is 52.1 Å². The first-order valence-electron chi connectivity index (χ1n) is 9.57. The molecule has 1 heterocycles. The lowest BCUT2D eigenvalue weighted by atomic mass is 10.1. The zero-order valence-electron chi connectivity index (χ0n) is 16.8. The van der Waals surface area contributed by atoms with Crippen molar-refractivity contribution < 1.29 is 13.9 Å². The number of furan rings is 1. The van der Waals surface area contributed by atoms with E-state index in [1.54, 1.807) is 13.4 Å². The molecule has 0 radical (unpaired) electrons. The third-order valence-electron chi connectivity index (χ3n) is 3.89. The van der Waals surface area contributed by atoms with Gasteiger partial charge in [-0.2, -0.15) is 0 Å². The number of hydrogen-bond acceptors (Lipinski definition) is 4. The molecule has 7 heteroatoms. The van der Waals surface area contributed by atoms with Gasteiger partial charge in [0.05, 0.1) is 26.0 Å². The van der Waals surface area contributed by atoms with E-state index in [2.05, 4.69) is 34.7 Å². The quantitative estimate of drug-likeness (QED) is 0.201. The Labute approximate surface area is 185 Å². The van der Waals surface area contributed by atoms with E-state index in [1.165, 1.54) is 5.56 Å². The van der Waals surface area contributed by atoms with Crippen LogP contribution in [-0.2, 0) is 17.6 Å². The minimum atomic E-state index is 0. The number of ether oxygens (including phenoxy) is 2. The third-order valence-corrected chi connectivity index (χ3v) is 3.89. The predicted molar refractivity (Wildman–Crippen MR) is 124 cm³/mol. The van der Waals surface area contributed by atoms with Gasteiger partial charge in [-0.15, -0.1) is 24.0 Å². The first kappa shape index (κ1) is 24.3. The molecule has 0 saturated carbocycles. The number of halogens is 1. The summed E-state index contributed by atoms with van der Waals surface area (Å²) in [5.74, 6) is 2.68. The van der Waals surface area contributed by atoms with Gasteiger partial charge in [-0.05, 0) is 42.7 Å². The summed E-state index contributed by atoms with van der Waals surface area (Å²) < 4.78 is 16.1. The normalized spacial score (nSPS) is 11.0. The Morgan fingerprint density at radius 3 is 2.61 bits per heavy atom. The molecule has 0 unspecified atom stereocenters. The van der Waals surface area contributed by atoms with Crippen molar-refractivity contribution in [1.29, 1.82) is 0 Å². The molecule has 0 aliphatic rings. The molecule has 0 bridgehead atoms. The smallest absolute Gasteiger partial charge is 0.191 e. The number of nitrogens with zero attached hydrogens (tertiary/aromatic N) is 1. The molecule has 6 nitrogen and oxygen atoms in total. The van der Waals surface area contributed by atoms with E-state index >= 15 is 0 Å². The maximum Gasteiger partial charge on any atom is 0.191 e. The van der Waals surface area contributed by atoms with Crippen LogP contribution < -0.4 is 15.4 Å². The van der Waals surface area contributed by atoms with Gasteiger partial charge in [0.25, 0.3) is 0 Å². The van der Waals surface area contributed by atoms with Crippen LogP contribution in [0.5, 0.6) is 5.75 Å². The number of hydrogen-bond donors (Lipinski definition) is 2. The summed E-state index contributed by atoms with van der Waals surface area (Å²) in [6.45, 7) is 5.62. The number of benzene rings is 1. The molecule has 0 saturated heterocycles. The molecule has 0 spiro atoms. The maximum absolute atomic E-state index is 5.70. The van der Waals surface area contributed by atoms with Crippen molar-refractivity contribution in [2.75, 3.05) is 40.0 Å². The molecule has 28 heavy (non-hydrogen) atoms. The van der Waals surface area contributed by atoms with Gasteiger partial charge in [-0.1, -0.05) is 19.1 Å². The molecule has 2 rings (SSSR count). The Morgan fingerprint density at radius 1 is 1.07 bits per heavy atom. The van der Waals surface area contributed by atoms with Crippen LogP contribution in [0.25, 0.3) is 0 Å². The van der Waals surface area contributed by atoms with Gasteiger partial charge in [-0.25, -0.2) is 0 Å². The standard InChI is InChI=1S/C21H31N3O3.HI/c1-3-14-26-20-7-4-6-18(17-20)9-11-22-21(24-13-16-25-2)23-12-10-19-8-5-15-27-19;/h4-8,15,17H,3,9-14,16H2,1-2H3,(H2,22,23,24);1H. The van der Waals surface area contributed by atoms with Crippen molar-refractivity contribution >= 4 is 29.9 Å². The topological polar surface area (TPSA) is 68.0 Å². The Hall–Kier alpha value is -1.74. The second-order valence-electron chi connectivity index (χ2n) is 6.15. The molecular formula is C21H32IN3O3. The van der Waals surface area contributed by atoms with Crippen LogP contribution in [0.1, 0.15) is 24.7 Å². The predicted octanol–water partition coefficient (Wildman–Crippen LogP) is 3.65. The Kier molecular flexibility index (Phi) is 13.2. The van der Waals surface area contributed by atoms with Crippen molar-refractivity contribution in [3.63, 3.8) is 0 Å². The van der Waals surface area contributed by atoms with Gasteiger partial charge in [0, 0.05) is 26.6 Å². The van der Waals surface area contributed by atoms with Crippen LogP contribution in [0.4, 0.5) is 0 Å². The Morgan fingerprint density at radius 2 is 1.89 bits per heavy atom. The average Bonchev–Trinajstić information content (AvgIpc) is 3.20. The van der Waals surface area contributed by atoms with E-state index in [1.807, 2.05) is 24.3 Å². The molecule has 0 aliphatic heterocycles. The summed E-state index contributed by atoms with van der Waals surface area (Å²) >= 11 is 0. The lowest BCUT2D eigenvalue weighted by molar-refractivity contribution is 0.208. The van der Waals surface area contributed by atoms with Crippen molar-refractivity contribution in [3.05, 3.63) is 54.0 Å². The fourth-order valence-corrected chi connectivity index (χ4v) is 2.52. The molecule has 2 N–H and O–H groups in total. The number of aliphatic imine (C=N–C) groups is 1. The molecule has 2 aromatic rings. The van der Waals surface area contributed by atoms with E-state index in [0.29, 0.717) is 13.2 Å². The van der Waals surface area contributed by atoms with Crippen LogP contribution in [-0.4, -0.2) is 45.9 Å². The van der Waals surface area contributed by atoms with Gasteiger partial charge >= 0.3 is 0 Å². The number of rotatable bonds is 12. The molecule has 156 valence electrons. The van der Waals surface area contributed by atoms with Crippen molar-refractivity contribution in [1.82, 2.24) is 10.6 Å². The lowest BCUT2D eigenvalue weighted by Gasteiger charge is -2.13. The van der Waals surface area contributed by atoms with Crippen molar-refractivity contribution in [2.24, 2.45) is 4.99 Å². The highest BCUT2D eigenvalue weighted by Gasteiger charge is 2.02. The van der Waals surface area contributed by atoms with E-state index < -0.39 is 0 Å². The summed E-state index contributed by atoms with van der Waals surface area (Å²) in [6.07, 6.45) is 4.41. The first-order valence-corrected chi connectivity index (χ1v) is 9.57. The summed E-state index contributed by atoms with van der Waals surface area (Å²) in [7, 11) is 1.68. The minimum Gasteiger partial charge on any atom is -0.494 e. The second kappa shape index (κ2) is 15.2. The monoisotopic (exact) mass is 501 g/mol. The maximum atomic E-state index is 5.70. The highest BCUT2D eigenvalue weighted by atomic mass is 127. The van der Waals surface area contributed by atoms with E-state index in [-0.39, 0.29) is 24.0 Å². The highest BCUT2D eigenvalue weighted by molar-refractivity contribution is 14.0. The summed E-state index contributed by atoms with van der Waals surface area (Å²) in [6, 6.07) is 12.1. The summed E-state index contributed by atoms with van der Waals surface area (Å²) in [4.78, 5) is 4.54. The highest BCUT2D eigenvalue weighted by Crippen LogP contribution is 2.13. The molecule has 0 amide bonds. The van der Waals surface area contributed by atoms with Crippen LogP contribution in [0.2, 0.25) is 0 Å². The molecule has 0 fully saturated rings. The lowest BCUT2D eigenvalue weighted by Crippen LogP contribution is -2.39. The SMILES string of the molecule is CCCOc1cccc(CCNC(=NCCOC)NCCc2ccco2)c1.I. The fourth-order valence-electron chi connectivity index (χ4n) is 2.52. The zero-order chi connectivity index (χ0) is 19.2. The van der Waals surface area contributed by atoms with E-state index in [0.717, 1.165) is 56.4 Å². The van der Waals surface area contributed by atoms with Crippen molar-refractivity contribution in [2.45, 2.75) is 26.2 Å². The summed E-state index contributed by atoms with van der Waals surface area (Å²) in [5, 5.41) is 6.72. The molecular weight excluding hydrogens is 469 g/mol. The summed E-state index contributed by atoms with van der Waals surface area (Å²) in [5.41, 5.74) is 1.24. The van der Waals surface area contributed by atoms with E-state index in [4.69, 9.17) is 13.9 Å². The van der Waals surface area contributed by atoms with Gasteiger partial charge in [-0.3, -0.25) is 4.99 Å². The fraction of sp³-hybridized carbons (Fsp3) is 0.476. The molecule has 1 aromatic carbocycles. The Bertz CT molecular complexity index is 663. The number of methoxy groups -OCH3 is 1. The van der Waals surface area contributed by atoms with Gasteiger partial charge in [0.15, 0.2) is 5.96 Å². The molecule has 1 aromatic heterocycles. The van der Waals surface area contributed by atoms with Crippen LogP contribution >= 0.6 is 24.0 Å². The molecule has 0 atom stereocenters. The van der Waals surface area contributed by atoms with Gasteiger partial charge in [0.2, 0.25) is 0 Å². The Balaban J connectivity index is 0.00000392. The second-order valence-corrected chi connectivity index (χ2v) is 6.15. The van der Waals surface area contributed by atoms with Crippen molar-refractivity contribution in [3.8, 4) is 5.75 Å². The zero-order valence-corrected chi connectivity index (χ0v) is 19.1. The molecule has 0 aliphatic carbocycles. The van der Waals surface area contributed by atoms with Crippen LogP contribution in [0, 0.1) is 0 Å². The largest absolute Gasteiger partial charge is 0.494 e. The number of nitrogens with one attached hydrogen (secondary N) is 2. The average molecular weight is 501 g/mol.